The summed E-state index contributed by atoms with van der Waals surface area (Å²) in [5, 5.41) is 3.83. The standard InChI is InChI=1S/C15H20BrNO2/c1-10(2)12(8-16)9-19-13-4-5-14-11(7-13)3-6-15(18)17-14/h4-5,7,10,12H,3,6,8-9H2,1-2H3,(H,17,18). The summed E-state index contributed by atoms with van der Waals surface area (Å²) in [5.41, 5.74) is 2.08. The zero-order chi connectivity index (χ0) is 13.8. The molecule has 0 saturated carbocycles. The second-order valence-electron chi connectivity index (χ2n) is 5.34. The Labute approximate surface area is 122 Å². The first-order chi connectivity index (χ1) is 9.10. The molecule has 0 spiro atoms. The number of fused-ring (bicyclic) bond motifs is 1. The van der Waals surface area contributed by atoms with E-state index >= 15 is 0 Å². The van der Waals surface area contributed by atoms with Crippen molar-refractivity contribution in [2.24, 2.45) is 11.8 Å². The number of alkyl halides is 1. The van der Waals surface area contributed by atoms with Crippen molar-refractivity contribution in [2.45, 2.75) is 26.7 Å². The molecule has 1 aromatic carbocycles. The van der Waals surface area contributed by atoms with Gasteiger partial charge in [0.2, 0.25) is 5.91 Å². The molecule has 104 valence electrons. The van der Waals surface area contributed by atoms with Crippen molar-refractivity contribution in [1.82, 2.24) is 0 Å². The van der Waals surface area contributed by atoms with Crippen LogP contribution in [0.5, 0.6) is 5.75 Å². The van der Waals surface area contributed by atoms with Gasteiger partial charge >= 0.3 is 0 Å². The van der Waals surface area contributed by atoms with E-state index in [0.717, 1.165) is 28.8 Å². The Morgan fingerprint density at radius 1 is 1.37 bits per heavy atom. The van der Waals surface area contributed by atoms with Gasteiger partial charge in [-0.3, -0.25) is 4.79 Å². The number of hydrogen-bond acceptors (Lipinski definition) is 2. The third-order valence-corrected chi connectivity index (χ3v) is 4.41. The van der Waals surface area contributed by atoms with Gasteiger partial charge in [0.1, 0.15) is 5.75 Å². The topological polar surface area (TPSA) is 38.3 Å². The number of carbonyl (C=O) groups excluding carboxylic acids is 1. The monoisotopic (exact) mass is 325 g/mol. The largest absolute Gasteiger partial charge is 0.493 e. The third kappa shape index (κ3) is 3.72. The van der Waals surface area contributed by atoms with E-state index in [0.29, 0.717) is 24.9 Å². The van der Waals surface area contributed by atoms with Crippen LogP contribution >= 0.6 is 15.9 Å². The van der Waals surface area contributed by atoms with Gasteiger partial charge in [0.15, 0.2) is 0 Å². The van der Waals surface area contributed by atoms with Crippen molar-refractivity contribution < 1.29 is 9.53 Å². The molecule has 1 atom stereocenters. The molecule has 19 heavy (non-hydrogen) atoms. The zero-order valence-corrected chi connectivity index (χ0v) is 13.0. The minimum absolute atomic E-state index is 0.0975. The van der Waals surface area contributed by atoms with Gasteiger partial charge in [0.05, 0.1) is 6.61 Å². The molecule has 0 aromatic heterocycles. The van der Waals surface area contributed by atoms with Crippen LogP contribution in [-0.4, -0.2) is 17.8 Å². The molecule has 0 bridgehead atoms. The normalized spacial score (nSPS) is 15.9. The predicted molar refractivity (Wildman–Crippen MR) is 81.0 cm³/mol. The summed E-state index contributed by atoms with van der Waals surface area (Å²) in [6.45, 7) is 5.13. The molecular weight excluding hydrogens is 306 g/mol. The number of carbonyl (C=O) groups is 1. The molecule has 3 nitrogen and oxygen atoms in total. The van der Waals surface area contributed by atoms with Crippen LogP contribution in [-0.2, 0) is 11.2 Å². The highest BCUT2D eigenvalue weighted by Gasteiger charge is 2.16. The minimum Gasteiger partial charge on any atom is -0.493 e. The molecule has 1 aromatic rings. The van der Waals surface area contributed by atoms with Crippen LogP contribution in [0.15, 0.2) is 18.2 Å². The van der Waals surface area contributed by atoms with Crippen LogP contribution in [0.1, 0.15) is 25.8 Å². The number of halogens is 1. The Kier molecular flexibility index (Phi) is 4.86. The van der Waals surface area contributed by atoms with E-state index in [1.54, 1.807) is 0 Å². The van der Waals surface area contributed by atoms with Crippen molar-refractivity contribution in [3.8, 4) is 5.75 Å². The average Bonchev–Trinajstić information content (AvgIpc) is 2.39. The van der Waals surface area contributed by atoms with Gasteiger partial charge in [0, 0.05) is 23.4 Å². The first-order valence-electron chi connectivity index (χ1n) is 6.71. The summed E-state index contributed by atoms with van der Waals surface area (Å²) >= 11 is 3.53. The lowest BCUT2D eigenvalue weighted by Crippen LogP contribution is -2.20. The van der Waals surface area contributed by atoms with Crippen LogP contribution in [0, 0.1) is 11.8 Å². The van der Waals surface area contributed by atoms with Crippen molar-refractivity contribution in [1.29, 1.82) is 0 Å². The Hall–Kier alpha value is -1.03. The maximum Gasteiger partial charge on any atom is 0.224 e. The Morgan fingerprint density at radius 2 is 2.16 bits per heavy atom. The summed E-state index contributed by atoms with van der Waals surface area (Å²) < 4.78 is 5.87. The fraction of sp³-hybridized carbons (Fsp3) is 0.533. The van der Waals surface area contributed by atoms with Crippen LogP contribution in [0.4, 0.5) is 5.69 Å². The number of anilines is 1. The Bertz CT molecular complexity index is 459. The molecule has 0 saturated heterocycles. The lowest BCUT2D eigenvalue weighted by molar-refractivity contribution is -0.116. The number of ether oxygens (including phenoxy) is 1. The van der Waals surface area contributed by atoms with Crippen molar-refractivity contribution in [2.75, 3.05) is 17.3 Å². The van der Waals surface area contributed by atoms with Gasteiger partial charge in [-0.1, -0.05) is 29.8 Å². The molecule has 4 heteroatoms. The molecule has 2 rings (SSSR count). The number of rotatable bonds is 5. The molecular formula is C15H20BrNO2. The van der Waals surface area contributed by atoms with Gasteiger partial charge in [-0.15, -0.1) is 0 Å². The molecule has 0 fully saturated rings. The number of benzene rings is 1. The fourth-order valence-corrected chi connectivity index (χ4v) is 3.00. The summed E-state index contributed by atoms with van der Waals surface area (Å²) in [4.78, 5) is 11.3. The van der Waals surface area contributed by atoms with Gasteiger partial charge in [0.25, 0.3) is 0 Å². The van der Waals surface area contributed by atoms with Crippen LogP contribution in [0.3, 0.4) is 0 Å². The van der Waals surface area contributed by atoms with Gasteiger partial charge < -0.3 is 10.1 Å². The van der Waals surface area contributed by atoms with E-state index in [1.807, 2.05) is 18.2 Å². The molecule has 1 aliphatic heterocycles. The molecule has 1 aliphatic rings. The van der Waals surface area contributed by atoms with E-state index in [-0.39, 0.29) is 5.91 Å². The zero-order valence-electron chi connectivity index (χ0n) is 11.4. The number of hydrogen-bond donors (Lipinski definition) is 1. The molecule has 1 unspecified atom stereocenters. The highest BCUT2D eigenvalue weighted by atomic mass is 79.9. The lowest BCUT2D eigenvalue weighted by atomic mass is 9.99. The average molecular weight is 326 g/mol. The van der Waals surface area contributed by atoms with Crippen molar-refractivity contribution >= 4 is 27.5 Å². The van der Waals surface area contributed by atoms with E-state index in [4.69, 9.17) is 4.74 Å². The van der Waals surface area contributed by atoms with E-state index in [1.165, 1.54) is 0 Å². The van der Waals surface area contributed by atoms with Gasteiger partial charge in [-0.25, -0.2) is 0 Å². The second kappa shape index (κ2) is 6.42. The van der Waals surface area contributed by atoms with Gasteiger partial charge in [-0.2, -0.15) is 0 Å². The van der Waals surface area contributed by atoms with E-state index in [2.05, 4.69) is 35.1 Å². The second-order valence-corrected chi connectivity index (χ2v) is 5.98. The van der Waals surface area contributed by atoms with E-state index < -0.39 is 0 Å². The quantitative estimate of drug-likeness (QED) is 0.840. The molecule has 1 amide bonds. The Morgan fingerprint density at radius 3 is 2.84 bits per heavy atom. The summed E-state index contributed by atoms with van der Waals surface area (Å²) in [5.74, 6) is 2.09. The fourth-order valence-electron chi connectivity index (χ4n) is 2.07. The highest BCUT2D eigenvalue weighted by Crippen LogP contribution is 2.27. The van der Waals surface area contributed by atoms with Crippen molar-refractivity contribution in [3.63, 3.8) is 0 Å². The molecule has 0 radical (unpaired) electrons. The summed E-state index contributed by atoms with van der Waals surface area (Å²) in [6, 6.07) is 5.90. The van der Waals surface area contributed by atoms with Crippen LogP contribution in [0.25, 0.3) is 0 Å². The molecule has 1 heterocycles. The molecule has 1 N–H and O–H groups in total. The van der Waals surface area contributed by atoms with Gasteiger partial charge in [-0.05, 0) is 36.1 Å². The lowest BCUT2D eigenvalue weighted by Gasteiger charge is -2.21. The number of amides is 1. The highest BCUT2D eigenvalue weighted by molar-refractivity contribution is 9.09. The molecule has 0 aliphatic carbocycles. The third-order valence-electron chi connectivity index (χ3n) is 3.58. The number of aryl methyl sites for hydroxylation is 1. The maximum atomic E-state index is 11.3. The summed E-state index contributed by atoms with van der Waals surface area (Å²) in [6.07, 6.45) is 1.36. The maximum absolute atomic E-state index is 11.3. The minimum atomic E-state index is 0.0975. The van der Waals surface area contributed by atoms with Crippen LogP contribution in [0.2, 0.25) is 0 Å². The predicted octanol–water partition coefficient (Wildman–Crippen LogP) is 3.62. The van der Waals surface area contributed by atoms with Crippen LogP contribution < -0.4 is 10.1 Å². The first kappa shape index (κ1) is 14.4. The summed E-state index contributed by atoms with van der Waals surface area (Å²) in [7, 11) is 0. The smallest absolute Gasteiger partial charge is 0.224 e. The number of nitrogens with one attached hydrogen (secondary N) is 1. The SMILES string of the molecule is CC(C)C(CBr)COc1ccc2c(c1)CCC(=O)N2. The first-order valence-corrected chi connectivity index (χ1v) is 7.84. The Balaban J connectivity index is 2.00. The van der Waals surface area contributed by atoms with Crippen molar-refractivity contribution in [3.05, 3.63) is 23.8 Å². The van der Waals surface area contributed by atoms with E-state index in [9.17, 15) is 4.79 Å².